The lowest BCUT2D eigenvalue weighted by Gasteiger charge is -2.20. The molecular weight excluding hydrogens is 369 g/mol. The van der Waals surface area contributed by atoms with Crippen LogP contribution in [-0.2, 0) is 10.0 Å². The van der Waals surface area contributed by atoms with Crippen LogP contribution >= 0.6 is 0 Å². The van der Waals surface area contributed by atoms with Crippen molar-refractivity contribution < 1.29 is 17.6 Å². The van der Waals surface area contributed by atoms with Crippen molar-refractivity contribution in [3.05, 3.63) is 48.0 Å². The third kappa shape index (κ3) is 5.09. The Morgan fingerprint density at radius 2 is 1.74 bits per heavy atom. The van der Waals surface area contributed by atoms with E-state index in [1.807, 2.05) is 0 Å². The van der Waals surface area contributed by atoms with Gasteiger partial charge in [-0.15, -0.1) is 0 Å². The van der Waals surface area contributed by atoms with Crippen molar-refractivity contribution in [2.45, 2.75) is 55.9 Å². The number of hydrogen-bond acceptors (Lipinski definition) is 3. The highest BCUT2D eigenvalue weighted by Gasteiger charge is 2.21. The van der Waals surface area contributed by atoms with Crippen LogP contribution in [0.4, 0.5) is 10.1 Å². The summed E-state index contributed by atoms with van der Waals surface area (Å²) in [6.07, 6.45) is 8.88. The number of rotatable bonds is 5. The number of benzene rings is 1. The van der Waals surface area contributed by atoms with Crippen LogP contribution in [-0.4, -0.2) is 25.4 Å². The largest absolute Gasteiger partial charge is 0.356 e. The molecule has 146 valence electrons. The monoisotopic (exact) mass is 393 g/mol. The smallest absolute Gasteiger partial charge is 0.267 e. The summed E-state index contributed by atoms with van der Waals surface area (Å²) in [5, 5.41) is 2.98. The van der Waals surface area contributed by atoms with E-state index in [-0.39, 0.29) is 28.2 Å². The fourth-order valence-corrected chi connectivity index (χ4v) is 4.33. The summed E-state index contributed by atoms with van der Waals surface area (Å²) >= 11 is 0. The molecule has 0 saturated heterocycles. The number of nitrogens with one attached hydrogen (secondary N) is 3. The van der Waals surface area contributed by atoms with Gasteiger partial charge in [-0.3, -0.25) is 9.52 Å². The first-order valence-electron chi connectivity index (χ1n) is 9.22. The molecule has 0 unspecified atom stereocenters. The van der Waals surface area contributed by atoms with Crippen molar-refractivity contribution in [2.75, 3.05) is 4.72 Å². The summed E-state index contributed by atoms with van der Waals surface area (Å²) in [7, 11) is -3.99. The van der Waals surface area contributed by atoms with Crippen LogP contribution in [0, 0.1) is 5.82 Å². The lowest BCUT2D eigenvalue weighted by molar-refractivity contribution is 0.0926. The number of halogens is 1. The summed E-state index contributed by atoms with van der Waals surface area (Å²) in [5.41, 5.74) is 0.0326. The molecule has 3 rings (SSSR count). The minimum Gasteiger partial charge on any atom is -0.356 e. The number of aromatic amines is 1. The summed E-state index contributed by atoms with van der Waals surface area (Å²) < 4.78 is 40.8. The normalized spacial score (nSPS) is 16.3. The van der Waals surface area contributed by atoms with E-state index in [1.54, 1.807) is 0 Å². The molecule has 1 aliphatic carbocycles. The fourth-order valence-electron chi connectivity index (χ4n) is 3.27. The van der Waals surface area contributed by atoms with Gasteiger partial charge in [0.1, 0.15) is 16.4 Å². The Hall–Kier alpha value is -2.35. The molecule has 1 amide bonds. The quantitative estimate of drug-likeness (QED) is 0.722. The predicted octanol–water partition coefficient (Wildman–Crippen LogP) is 3.80. The van der Waals surface area contributed by atoms with Crippen LogP contribution in [0.2, 0.25) is 0 Å². The predicted molar refractivity (Wildman–Crippen MR) is 102 cm³/mol. The zero-order chi connectivity index (χ0) is 19.3. The zero-order valence-electron chi connectivity index (χ0n) is 15.0. The Morgan fingerprint density at radius 1 is 1.07 bits per heavy atom. The van der Waals surface area contributed by atoms with Gasteiger partial charge in [-0.2, -0.15) is 0 Å². The van der Waals surface area contributed by atoms with Crippen LogP contribution in [0.1, 0.15) is 55.4 Å². The first kappa shape index (κ1) is 19.4. The van der Waals surface area contributed by atoms with E-state index in [4.69, 9.17) is 0 Å². The molecule has 6 nitrogen and oxygen atoms in total. The summed E-state index contributed by atoms with van der Waals surface area (Å²) in [5.74, 6) is -0.994. The first-order chi connectivity index (χ1) is 13.0. The number of H-pyrrole nitrogens is 1. The Labute approximate surface area is 158 Å². The highest BCUT2D eigenvalue weighted by atomic mass is 32.2. The molecular formula is C19H24FN3O3S. The molecule has 0 aliphatic heterocycles. The van der Waals surface area contributed by atoms with Crippen LogP contribution in [0.5, 0.6) is 0 Å². The molecule has 1 heterocycles. The summed E-state index contributed by atoms with van der Waals surface area (Å²) in [6, 6.07) is 6.89. The lowest BCUT2D eigenvalue weighted by atomic mass is 9.96. The molecule has 3 N–H and O–H groups in total. The second-order valence-corrected chi connectivity index (χ2v) is 8.53. The number of amides is 1. The number of carbonyl (C=O) groups excluding carboxylic acids is 1. The second-order valence-electron chi connectivity index (χ2n) is 6.85. The minimum absolute atomic E-state index is 0.109. The van der Waals surface area contributed by atoms with Crippen molar-refractivity contribution >= 4 is 21.6 Å². The molecule has 2 aromatic rings. The van der Waals surface area contributed by atoms with E-state index in [9.17, 15) is 17.6 Å². The van der Waals surface area contributed by atoms with Crippen molar-refractivity contribution in [2.24, 2.45) is 0 Å². The van der Waals surface area contributed by atoms with Crippen molar-refractivity contribution in [1.82, 2.24) is 10.3 Å². The number of carbonyl (C=O) groups is 1. The number of sulfonamides is 1. The maximum absolute atomic E-state index is 13.7. The molecule has 0 atom stereocenters. The van der Waals surface area contributed by atoms with Crippen LogP contribution in [0.15, 0.2) is 41.4 Å². The standard InChI is InChI=1S/C19H24FN3O3S/c20-16-10-6-7-11-17(16)23-27(25,26)15-12-18(21-13-15)19(24)22-14-8-4-2-1-3-5-9-14/h6-7,10-14,21,23H,1-5,8-9H2,(H,22,24). The maximum atomic E-state index is 13.7. The molecule has 1 saturated carbocycles. The van der Waals surface area contributed by atoms with E-state index in [0.29, 0.717) is 0 Å². The SMILES string of the molecule is O=C(NC1CCCCCCC1)c1cc(S(=O)(=O)Nc2ccccc2F)c[nH]1. The van der Waals surface area contributed by atoms with Gasteiger partial charge < -0.3 is 10.3 Å². The molecule has 8 heteroatoms. The molecule has 1 aromatic carbocycles. The number of anilines is 1. The van der Waals surface area contributed by atoms with Gasteiger partial charge in [-0.25, -0.2) is 12.8 Å². The number of aromatic nitrogens is 1. The van der Waals surface area contributed by atoms with Gasteiger partial charge in [-0.05, 0) is 31.0 Å². The van der Waals surface area contributed by atoms with Gasteiger partial charge in [0.2, 0.25) is 0 Å². The van der Waals surface area contributed by atoms with E-state index in [2.05, 4.69) is 15.0 Å². The molecule has 0 bridgehead atoms. The van der Waals surface area contributed by atoms with Crippen molar-refractivity contribution in [1.29, 1.82) is 0 Å². The fraction of sp³-hybridized carbons (Fsp3) is 0.421. The lowest BCUT2D eigenvalue weighted by Crippen LogP contribution is -2.35. The topological polar surface area (TPSA) is 91.1 Å². The minimum atomic E-state index is -3.99. The van der Waals surface area contributed by atoms with Gasteiger partial charge >= 0.3 is 0 Å². The average molecular weight is 393 g/mol. The number of hydrogen-bond donors (Lipinski definition) is 3. The highest BCUT2D eigenvalue weighted by Crippen LogP contribution is 2.20. The maximum Gasteiger partial charge on any atom is 0.267 e. The molecule has 1 aromatic heterocycles. The molecule has 27 heavy (non-hydrogen) atoms. The third-order valence-corrected chi connectivity index (χ3v) is 6.11. The Bertz CT molecular complexity index is 887. The first-order valence-corrected chi connectivity index (χ1v) is 10.7. The van der Waals surface area contributed by atoms with E-state index in [1.165, 1.54) is 55.8 Å². The zero-order valence-corrected chi connectivity index (χ0v) is 15.8. The van der Waals surface area contributed by atoms with Crippen molar-refractivity contribution in [3.8, 4) is 0 Å². The van der Waals surface area contributed by atoms with Crippen LogP contribution < -0.4 is 10.0 Å². The van der Waals surface area contributed by atoms with Crippen molar-refractivity contribution in [3.63, 3.8) is 0 Å². The van der Waals surface area contributed by atoms with Gasteiger partial charge in [0.05, 0.1) is 5.69 Å². The van der Waals surface area contributed by atoms with Gasteiger partial charge in [0, 0.05) is 12.2 Å². The van der Waals surface area contributed by atoms with Gasteiger partial charge in [-0.1, -0.05) is 44.2 Å². The second kappa shape index (κ2) is 8.56. The van der Waals surface area contributed by atoms with E-state index in [0.717, 1.165) is 25.7 Å². The molecule has 0 spiro atoms. The Balaban J connectivity index is 1.67. The van der Waals surface area contributed by atoms with Crippen LogP contribution in [0.3, 0.4) is 0 Å². The molecule has 1 aliphatic rings. The number of para-hydroxylation sites is 1. The van der Waals surface area contributed by atoms with Crippen LogP contribution in [0.25, 0.3) is 0 Å². The highest BCUT2D eigenvalue weighted by molar-refractivity contribution is 7.92. The summed E-state index contributed by atoms with van der Waals surface area (Å²) in [6.45, 7) is 0. The molecule has 0 radical (unpaired) electrons. The van der Waals surface area contributed by atoms with Gasteiger partial charge in [0.15, 0.2) is 0 Å². The Kier molecular flexibility index (Phi) is 6.15. The molecule has 1 fully saturated rings. The van der Waals surface area contributed by atoms with E-state index >= 15 is 0 Å². The third-order valence-electron chi connectivity index (χ3n) is 4.77. The average Bonchev–Trinajstić information content (AvgIpc) is 3.10. The Morgan fingerprint density at radius 3 is 2.44 bits per heavy atom. The van der Waals surface area contributed by atoms with E-state index < -0.39 is 15.8 Å². The van der Waals surface area contributed by atoms with Gasteiger partial charge in [0.25, 0.3) is 15.9 Å². The summed E-state index contributed by atoms with van der Waals surface area (Å²) in [4.78, 5) is 15.0.